The van der Waals surface area contributed by atoms with Crippen molar-refractivity contribution in [1.29, 1.82) is 0 Å². The maximum Gasteiger partial charge on any atom is 0.198 e. The van der Waals surface area contributed by atoms with E-state index in [0.29, 0.717) is 11.1 Å². The molecule has 0 heterocycles. The van der Waals surface area contributed by atoms with Crippen molar-refractivity contribution in [2.75, 3.05) is 0 Å². The number of hydrogen-bond donors (Lipinski definition) is 0. The fourth-order valence-electron chi connectivity index (χ4n) is 4.34. The number of alkyl halides is 1. The van der Waals surface area contributed by atoms with E-state index in [1.54, 1.807) is 30.3 Å². The molecule has 3 aromatic rings. The summed E-state index contributed by atoms with van der Waals surface area (Å²) in [5.41, 5.74) is -1.82. The molecule has 0 spiro atoms. The van der Waals surface area contributed by atoms with Crippen LogP contribution in [-0.4, -0.2) is 10.9 Å². The summed E-state index contributed by atoms with van der Waals surface area (Å²) in [6.45, 7) is 3.98. The van der Waals surface area contributed by atoms with Gasteiger partial charge in [0.05, 0.1) is 0 Å². The Labute approximate surface area is 216 Å². The van der Waals surface area contributed by atoms with Gasteiger partial charge in [0.2, 0.25) is 0 Å². The van der Waals surface area contributed by atoms with E-state index >= 15 is 17.6 Å². The zero-order valence-electron chi connectivity index (χ0n) is 20.1. The van der Waals surface area contributed by atoms with Gasteiger partial charge < -0.3 is 0 Å². The Morgan fingerprint density at radius 1 is 0.632 bits per heavy atom. The summed E-state index contributed by atoms with van der Waals surface area (Å²) in [6.07, 6.45) is -3.47. The van der Waals surface area contributed by atoms with Gasteiger partial charge in [-0.2, -0.15) is 0 Å². The van der Waals surface area contributed by atoms with Gasteiger partial charge in [0, 0.05) is 15.9 Å². The Kier molecular flexibility index (Phi) is 7.24. The monoisotopic (exact) mass is 558 g/mol. The van der Waals surface area contributed by atoms with Crippen molar-refractivity contribution in [3.63, 3.8) is 0 Å². The zero-order chi connectivity index (χ0) is 28.2. The molecule has 0 bridgehead atoms. The highest BCUT2D eigenvalue weighted by atomic mass is 32.2. The lowest BCUT2D eigenvalue weighted by Gasteiger charge is -2.42. The van der Waals surface area contributed by atoms with Gasteiger partial charge in [-0.05, 0) is 16.7 Å². The second kappa shape index (κ2) is 9.87. The molecule has 0 fully saturated rings. The van der Waals surface area contributed by atoms with Crippen LogP contribution in [0.25, 0.3) is 22.3 Å². The predicted octanol–water partition coefficient (Wildman–Crippen LogP) is 9.96. The largest absolute Gasteiger partial charge is 0.237 e. The first-order chi connectivity index (χ1) is 17.7. The second-order valence-corrected chi connectivity index (χ2v) is 11.6. The van der Waals surface area contributed by atoms with Crippen molar-refractivity contribution in [2.24, 2.45) is 0 Å². The van der Waals surface area contributed by atoms with E-state index in [1.165, 1.54) is 32.9 Å². The summed E-state index contributed by atoms with van der Waals surface area (Å²) < 4.78 is 130. The maximum atomic E-state index is 15.7. The van der Waals surface area contributed by atoms with Crippen LogP contribution in [0.15, 0.2) is 77.9 Å². The van der Waals surface area contributed by atoms with Crippen molar-refractivity contribution in [2.45, 2.75) is 36.4 Å². The number of halogens is 9. The number of thioether (sulfide) groups is 1. The molecule has 2 unspecified atom stereocenters. The van der Waals surface area contributed by atoms with Crippen molar-refractivity contribution in [1.82, 2.24) is 0 Å². The minimum Gasteiger partial charge on any atom is -0.237 e. The fourth-order valence-corrected chi connectivity index (χ4v) is 5.99. The van der Waals surface area contributed by atoms with E-state index in [2.05, 4.69) is 0 Å². The first-order valence-electron chi connectivity index (χ1n) is 11.2. The lowest BCUT2D eigenvalue weighted by atomic mass is 9.81. The molecule has 4 rings (SSSR count). The third kappa shape index (κ3) is 4.42. The number of hydrogen-bond acceptors (Lipinski definition) is 1. The average molecular weight is 559 g/mol. The molecule has 10 heteroatoms. The Balaban J connectivity index is 2.10. The summed E-state index contributed by atoms with van der Waals surface area (Å²) >= 11 is 0.0658. The summed E-state index contributed by atoms with van der Waals surface area (Å²) in [7, 11) is 0. The van der Waals surface area contributed by atoms with Gasteiger partial charge in [-0.3, -0.25) is 0 Å². The normalized spacial score (nSPS) is 20.4. The third-order valence-electron chi connectivity index (χ3n) is 5.89. The van der Waals surface area contributed by atoms with Crippen molar-refractivity contribution in [3.05, 3.63) is 107 Å². The minimum atomic E-state index is -3.49. The molecule has 1 aliphatic rings. The van der Waals surface area contributed by atoms with Crippen LogP contribution >= 0.6 is 11.8 Å². The maximum absolute atomic E-state index is 15.7. The molecular weight excluding hydrogens is 539 g/mol. The summed E-state index contributed by atoms with van der Waals surface area (Å²) in [5, 5.41) is 0. The van der Waals surface area contributed by atoms with E-state index in [-0.39, 0.29) is 17.3 Å². The molecular formula is C28H19F9S. The smallest absolute Gasteiger partial charge is 0.198 e. The number of benzene rings is 3. The first-order valence-corrected chi connectivity index (χ1v) is 12.0. The Bertz CT molecular complexity index is 1450. The SMILES string of the molecule is CC(C)(C)SC1(c2c(F)c(F)c(F)c(F)c2-c2ccc(-c3ccccc3)cc2)C(F)=C(F)C(F)=C(F)C1F. The molecule has 0 saturated heterocycles. The summed E-state index contributed by atoms with van der Waals surface area (Å²) in [6, 6.07) is 13.8. The van der Waals surface area contributed by atoms with Crippen LogP contribution < -0.4 is 0 Å². The quantitative estimate of drug-likeness (QED) is 0.174. The van der Waals surface area contributed by atoms with Crippen molar-refractivity contribution in [3.8, 4) is 22.3 Å². The van der Waals surface area contributed by atoms with E-state index in [0.717, 1.165) is 12.1 Å². The van der Waals surface area contributed by atoms with Gasteiger partial charge in [-0.15, -0.1) is 11.8 Å². The average Bonchev–Trinajstić information content (AvgIpc) is 2.90. The van der Waals surface area contributed by atoms with Gasteiger partial charge in [-0.1, -0.05) is 75.4 Å². The van der Waals surface area contributed by atoms with Gasteiger partial charge in [0.25, 0.3) is 0 Å². The molecule has 0 aliphatic heterocycles. The van der Waals surface area contributed by atoms with E-state index in [1.807, 2.05) is 0 Å². The Morgan fingerprint density at radius 3 is 1.68 bits per heavy atom. The first kappa shape index (κ1) is 27.9. The molecule has 200 valence electrons. The molecule has 0 nitrogen and oxygen atoms in total. The highest BCUT2D eigenvalue weighted by Crippen LogP contribution is 2.61. The third-order valence-corrected chi connectivity index (χ3v) is 7.41. The van der Waals surface area contributed by atoms with Crippen LogP contribution in [0, 0.1) is 23.3 Å². The lowest BCUT2D eigenvalue weighted by Crippen LogP contribution is -2.43. The molecule has 0 aromatic heterocycles. The molecule has 1 aliphatic carbocycles. The van der Waals surface area contributed by atoms with Crippen molar-refractivity contribution < 1.29 is 39.5 Å². The fraction of sp³-hybridized carbons (Fsp3) is 0.214. The molecule has 0 N–H and O–H groups in total. The minimum absolute atomic E-state index is 0.0658. The highest BCUT2D eigenvalue weighted by Gasteiger charge is 2.59. The van der Waals surface area contributed by atoms with Gasteiger partial charge in [0.15, 0.2) is 52.7 Å². The lowest BCUT2D eigenvalue weighted by molar-refractivity contribution is 0.222. The second-order valence-electron chi connectivity index (χ2n) is 9.55. The summed E-state index contributed by atoms with van der Waals surface area (Å²) in [4.78, 5) is 0. The van der Waals surface area contributed by atoms with Crippen LogP contribution in [0.2, 0.25) is 0 Å². The summed E-state index contributed by atoms with van der Waals surface area (Å²) in [5.74, 6) is -18.8. The van der Waals surface area contributed by atoms with Gasteiger partial charge >= 0.3 is 0 Å². The standard InChI is InChI=1S/C28H19F9S/c1-27(2,3)38-28(25(36)23(34)22(33)24(35)26(28)37)17-16(18(29)20(31)21(32)19(17)30)15-11-9-14(10-12-15)13-7-5-4-6-8-13/h4-12,25H,1-3H3. The van der Waals surface area contributed by atoms with E-state index in [9.17, 15) is 22.0 Å². The van der Waals surface area contributed by atoms with Crippen LogP contribution in [0.4, 0.5) is 39.5 Å². The van der Waals surface area contributed by atoms with Crippen LogP contribution in [-0.2, 0) is 4.75 Å². The van der Waals surface area contributed by atoms with Gasteiger partial charge in [0.1, 0.15) is 4.75 Å². The Morgan fingerprint density at radius 2 is 1.13 bits per heavy atom. The molecule has 3 aromatic carbocycles. The zero-order valence-corrected chi connectivity index (χ0v) is 20.9. The Hall–Kier alpha value is -3.14. The van der Waals surface area contributed by atoms with E-state index < -0.39 is 73.4 Å². The predicted molar refractivity (Wildman–Crippen MR) is 130 cm³/mol. The van der Waals surface area contributed by atoms with E-state index in [4.69, 9.17) is 0 Å². The van der Waals surface area contributed by atoms with Gasteiger partial charge in [-0.25, -0.2) is 39.5 Å². The van der Waals surface area contributed by atoms with Crippen LogP contribution in [0.3, 0.4) is 0 Å². The molecule has 2 atom stereocenters. The van der Waals surface area contributed by atoms with Crippen LogP contribution in [0.5, 0.6) is 0 Å². The molecule has 0 radical (unpaired) electrons. The molecule has 38 heavy (non-hydrogen) atoms. The number of allylic oxidation sites excluding steroid dienone is 3. The molecule has 0 saturated carbocycles. The topological polar surface area (TPSA) is 0 Å². The van der Waals surface area contributed by atoms with Crippen molar-refractivity contribution >= 4 is 11.8 Å². The van der Waals surface area contributed by atoms with Crippen LogP contribution in [0.1, 0.15) is 26.3 Å². The molecule has 0 amide bonds. The highest BCUT2D eigenvalue weighted by molar-refractivity contribution is 8.01. The number of rotatable bonds is 4.